The maximum atomic E-state index is 12.0. The molecule has 94 valence electrons. The summed E-state index contributed by atoms with van der Waals surface area (Å²) in [5.41, 5.74) is 0.939. The smallest absolute Gasteiger partial charge is 0.243 e. The van der Waals surface area contributed by atoms with Gasteiger partial charge in [-0.15, -0.1) is 0 Å². The predicted molar refractivity (Wildman–Crippen MR) is 73.9 cm³/mol. The number of aromatic nitrogens is 1. The van der Waals surface area contributed by atoms with Crippen LogP contribution in [-0.4, -0.2) is 23.5 Å². The average Bonchev–Trinajstić information content (AvgIpc) is 2.82. The van der Waals surface area contributed by atoms with Crippen molar-refractivity contribution in [3.8, 4) is 0 Å². The quantitative estimate of drug-likeness (QED) is 0.872. The number of carbonyl (C=O) groups excluding carboxylic acids is 1. The van der Waals surface area contributed by atoms with Crippen LogP contribution >= 0.6 is 11.3 Å². The SMILES string of the molecule is O=C(Nc1nc2ccccc2s1)[C@@H]1CCCCN1. The normalized spacial score (nSPS) is 19.9. The van der Waals surface area contributed by atoms with Gasteiger partial charge in [-0.05, 0) is 31.5 Å². The second-order valence-corrected chi connectivity index (χ2v) is 5.51. The second kappa shape index (κ2) is 5.04. The van der Waals surface area contributed by atoms with Gasteiger partial charge in [-0.3, -0.25) is 4.79 Å². The molecule has 1 fully saturated rings. The van der Waals surface area contributed by atoms with Gasteiger partial charge in [0.05, 0.1) is 16.3 Å². The van der Waals surface area contributed by atoms with E-state index in [0.29, 0.717) is 5.13 Å². The van der Waals surface area contributed by atoms with E-state index in [9.17, 15) is 4.79 Å². The molecule has 0 radical (unpaired) electrons. The number of amides is 1. The van der Waals surface area contributed by atoms with E-state index in [1.54, 1.807) is 0 Å². The van der Waals surface area contributed by atoms with Gasteiger partial charge in [-0.2, -0.15) is 0 Å². The van der Waals surface area contributed by atoms with Crippen molar-refractivity contribution < 1.29 is 4.79 Å². The predicted octanol–water partition coefficient (Wildman–Crippen LogP) is 2.38. The fourth-order valence-corrected chi connectivity index (χ4v) is 3.06. The number of hydrogen-bond donors (Lipinski definition) is 2. The fraction of sp³-hybridized carbons (Fsp3) is 0.385. The summed E-state index contributed by atoms with van der Waals surface area (Å²) in [6.07, 6.45) is 3.19. The molecule has 1 aliphatic heterocycles. The van der Waals surface area contributed by atoms with Gasteiger partial charge in [0.15, 0.2) is 5.13 Å². The zero-order valence-corrected chi connectivity index (χ0v) is 10.8. The van der Waals surface area contributed by atoms with E-state index in [1.165, 1.54) is 11.3 Å². The van der Waals surface area contributed by atoms with Crippen LogP contribution in [0.2, 0.25) is 0 Å². The highest BCUT2D eigenvalue weighted by atomic mass is 32.1. The number of thiazole rings is 1. The molecule has 0 unspecified atom stereocenters. The van der Waals surface area contributed by atoms with Gasteiger partial charge in [0, 0.05) is 0 Å². The first-order valence-corrected chi connectivity index (χ1v) is 7.04. The molecule has 4 nitrogen and oxygen atoms in total. The number of nitrogens with one attached hydrogen (secondary N) is 2. The molecule has 18 heavy (non-hydrogen) atoms. The van der Waals surface area contributed by atoms with Crippen LogP contribution < -0.4 is 10.6 Å². The number of rotatable bonds is 2. The Bertz CT molecular complexity index is 527. The Kier molecular flexibility index (Phi) is 3.25. The van der Waals surface area contributed by atoms with Crippen molar-refractivity contribution in [2.24, 2.45) is 0 Å². The van der Waals surface area contributed by atoms with Crippen molar-refractivity contribution in [3.05, 3.63) is 24.3 Å². The van der Waals surface area contributed by atoms with Crippen LogP contribution in [0, 0.1) is 0 Å². The van der Waals surface area contributed by atoms with Crippen LogP contribution in [-0.2, 0) is 4.79 Å². The molecule has 3 rings (SSSR count). The molecule has 1 saturated heterocycles. The van der Waals surface area contributed by atoms with Crippen LogP contribution in [0.4, 0.5) is 5.13 Å². The van der Waals surface area contributed by atoms with Crippen LogP contribution in [0.25, 0.3) is 10.2 Å². The van der Waals surface area contributed by atoms with Crippen molar-refractivity contribution in [2.45, 2.75) is 25.3 Å². The lowest BCUT2D eigenvalue weighted by Crippen LogP contribution is -2.43. The highest BCUT2D eigenvalue weighted by molar-refractivity contribution is 7.22. The monoisotopic (exact) mass is 261 g/mol. The van der Waals surface area contributed by atoms with E-state index in [-0.39, 0.29) is 11.9 Å². The lowest BCUT2D eigenvalue weighted by molar-refractivity contribution is -0.118. The molecule has 0 bridgehead atoms. The van der Waals surface area contributed by atoms with Crippen LogP contribution in [0.1, 0.15) is 19.3 Å². The number of fused-ring (bicyclic) bond motifs is 1. The summed E-state index contributed by atoms with van der Waals surface area (Å²) in [5.74, 6) is 0.0359. The molecule has 1 aromatic carbocycles. The minimum Gasteiger partial charge on any atom is -0.306 e. The van der Waals surface area contributed by atoms with Crippen LogP contribution in [0.15, 0.2) is 24.3 Å². The maximum absolute atomic E-state index is 12.0. The van der Waals surface area contributed by atoms with Gasteiger partial charge in [0.1, 0.15) is 0 Å². The highest BCUT2D eigenvalue weighted by Crippen LogP contribution is 2.25. The molecule has 1 aromatic heterocycles. The van der Waals surface area contributed by atoms with Crippen molar-refractivity contribution >= 4 is 32.6 Å². The lowest BCUT2D eigenvalue weighted by Gasteiger charge is -2.21. The first-order chi connectivity index (χ1) is 8.83. The first kappa shape index (κ1) is 11.6. The molecular weight excluding hydrogens is 246 g/mol. The standard InChI is InChI=1S/C13H15N3OS/c17-12(10-6-3-4-8-14-10)16-13-15-9-5-1-2-7-11(9)18-13/h1-2,5,7,10,14H,3-4,6,8H2,(H,15,16,17)/t10-/m0/s1. The van der Waals surface area contributed by atoms with E-state index in [1.807, 2.05) is 24.3 Å². The van der Waals surface area contributed by atoms with E-state index < -0.39 is 0 Å². The van der Waals surface area contributed by atoms with Crippen molar-refractivity contribution in [3.63, 3.8) is 0 Å². The zero-order chi connectivity index (χ0) is 12.4. The minimum atomic E-state index is -0.0641. The average molecular weight is 261 g/mol. The molecule has 1 amide bonds. The Labute approximate surface area is 109 Å². The Morgan fingerprint density at radius 2 is 2.28 bits per heavy atom. The molecule has 2 N–H and O–H groups in total. The van der Waals surface area contributed by atoms with Gasteiger partial charge in [0.25, 0.3) is 0 Å². The molecule has 1 atom stereocenters. The number of piperidine rings is 1. The zero-order valence-electron chi connectivity index (χ0n) is 9.98. The van der Waals surface area contributed by atoms with E-state index in [0.717, 1.165) is 36.0 Å². The van der Waals surface area contributed by atoms with Crippen molar-refractivity contribution in [2.75, 3.05) is 11.9 Å². The summed E-state index contributed by atoms with van der Waals surface area (Å²) >= 11 is 1.52. The minimum absolute atomic E-state index is 0.0359. The van der Waals surface area contributed by atoms with Crippen molar-refractivity contribution in [1.82, 2.24) is 10.3 Å². The van der Waals surface area contributed by atoms with Crippen LogP contribution in [0.5, 0.6) is 0 Å². The third-order valence-corrected chi connectivity index (χ3v) is 4.10. The van der Waals surface area contributed by atoms with E-state index in [2.05, 4.69) is 15.6 Å². The molecule has 0 aliphatic carbocycles. The van der Waals surface area contributed by atoms with E-state index in [4.69, 9.17) is 0 Å². The number of hydrogen-bond acceptors (Lipinski definition) is 4. The summed E-state index contributed by atoms with van der Waals surface area (Å²) < 4.78 is 1.10. The van der Waals surface area contributed by atoms with Gasteiger partial charge >= 0.3 is 0 Å². The molecule has 2 heterocycles. The second-order valence-electron chi connectivity index (χ2n) is 4.48. The number of benzene rings is 1. The van der Waals surface area contributed by atoms with Crippen LogP contribution in [0.3, 0.4) is 0 Å². The molecule has 0 spiro atoms. The number of nitrogens with zero attached hydrogens (tertiary/aromatic N) is 1. The van der Waals surface area contributed by atoms with Gasteiger partial charge in [-0.1, -0.05) is 29.9 Å². The third kappa shape index (κ3) is 2.37. The maximum Gasteiger partial charge on any atom is 0.243 e. The third-order valence-electron chi connectivity index (χ3n) is 3.15. The Balaban J connectivity index is 1.73. The van der Waals surface area contributed by atoms with Crippen molar-refractivity contribution in [1.29, 1.82) is 0 Å². The molecule has 1 aliphatic rings. The van der Waals surface area contributed by atoms with Gasteiger partial charge in [0.2, 0.25) is 5.91 Å². The Morgan fingerprint density at radius 3 is 3.06 bits per heavy atom. The summed E-state index contributed by atoms with van der Waals surface area (Å²) in [6, 6.07) is 7.85. The summed E-state index contributed by atoms with van der Waals surface area (Å²) in [4.78, 5) is 16.4. The largest absolute Gasteiger partial charge is 0.306 e. The van der Waals surface area contributed by atoms with E-state index >= 15 is 0 Å². The Morgan fingerprint density at radius 1 is 1.39 bits per heavy atom. The number of para-hydroxylation sites is 1. The molecule has 2 aromatic rings. The van der Waals surface area contributed by atoms with Gasteiger partial charge < -0.3 is 10.6 Å². The van der Waals surface area contributed by atoms with Gasteiger partial charge in [-0.25, -0.2) is 4.98 Å². The molecule has 0 saturated carbocycles. The topological polar surface area (TPSA) is 54.0 Å². The highest BCUT2D eigenvalue weighted by Gasteiger charge is 2.21. The summed E-state index contributed by atoms with van der Waals surface area (Å²) in [5, 5.41) is 6.83. The number of carbonyl (C=O) groups is 1. The summed E-state index contributed by atoms with van der Waals surface area (Å²) in [6.45, 7) is 0.929. The molecular formula is C13H15N3OS. The summed E-state index contributed by atoms with van der Waals surface area (Å²) in [7, 11) is 0. The Hall–Kier alpha value is -1.46. The lowest BCUT2D eigenvalue weighted by atomic mass is 10.0. The molecule has 5 heteroatoms. The number of anilines is 1. The fourth-order valence-electron chi connectivity index (χ4n) is 2.19. The first-order valence-electron chi connectivity index (χ1n) is 6.23.